The Kier molecular flexibility index (Phi) is 4.77. The lowest BCUT2D eigenvalue weighted by Gasteiger charge is -2.10. The van der Waals surface area contributed by atoms with Gasteiger partial charge in [-0.2, -0.15) is 18.3 Å². The molecule has 0 saturated carbocycles. The second kappa shape index (κ2) is 6.90. The Morgan fingerprint density at radius 1 is 1.19 bits per heavy atom. The molecule has 0 spiro atoms. The van der Waals surface area contributed by atoms with Crippen molar-refractivity contribution in [2.24, 2.45) is 0 Å². The Morgan fingerprint density at radius 3 is 2.56 bits per heavy atom. The lowest BCUT2D eigenvalue weighted by molar-refractivity contribution is -0.137. The molecular formula is C18H15F4N3O2. The maximum Gasteiger partial charge on any atom is 0.416 e. The van der Waals surface area contributed by atoms with Crippen LogP contribution >= 0.6 is 0 Å². The van der Waals surface area contributed by atoms with Gasteiger partial charge in [0.05, 0.1) is 23.5 Å². The van der Waals surface area contributed by atoms with E-state index in [1.807, 2.05) is 19.9 Å². The van der Waals surface area contributed by atoms with Crippen LogP contribution < -0.4 is 5.32 Å². The van der Waals surface area contributed by atoms with Crippen molar-refractivity contribution in [1.29, 1.82) is 0 Å². The molecule has 0 aliphatic carbocycles. The van der Waals surface area contributed by atoms with E-state index in [2.05, 4.69) is 10.4 Å². The van der Waals surface area contributed by atoms with E-state index in [0.717, 1.165) is 11.4 Å². The number of alkyl halides is 3. The van der Waals surface area contributed by atoms with Gasteiger partial charge in [0.25, 0.3) is 5.91 Å². The van der Waals surface area contributed by atoms with Crippen LogP contribution in [0.5, 0.6) is 0 Å². The van der Waals surface area contributed by atoms with E-state index in [4.69, 9.17) is 4.42 Å². The third-order valence-electron chi connectivity index (χ3n) is 3.84. The summed E-state index contributed by atoms with van der Waals surface area (Å²) in [4.78, 5) is 12.2. The Bertz CT molecular complexity index is 989. The van der Waals surface area contributed by atoms with Gasteiger partial charge in [-0.05, 0) is 50.2 Å². The zero-order valence-corrected chi connectivity index (χ0v) is 14.4. The van der Waals surface area contributed by atoms with Gasteiger partial charge in [0, 0.05) is 5.69 Å². The number of furan rings is 1. The highest BCUT2D eigenvalue weighted by molar-refractivity contribution is 6.02. The van der Waals surface area contributed by atoms with Crippen LogP contribution in [0.4, 0.5) is 23.2 Å². The van der Waals surface area contributed by atoms with Gasteiger partial charge in [-0.25, -0.2) is 4.39 Å². The molecule has 0 bridgehead atoms. The van der Waals surface area contributed by atoms with Crippen LogP contribution in [0, 0.1) is 19.7 Å². The Morgan fingerprint density at radius 2 is 1.93 bits per heavy atom. The van der Waals surface area contributed by atoms with Crippen LogP contribution in [0.15, 0.2) is 40.8 Å². The van der Waals surface area contributed by atoms with Crippen molar-refractivity contribution >= 4 is 11.6 Å². The molecule has 0 radical (unpaired) electrons. The third kappa shape index (κ3) is 4.18. The molecule has 3 rings (SSSR count). The lowest BCUT2D eigenvalue weighted by Crippen LogP contribution is -2.14. The molecule has 0 aliphatic rings. The van der Waals surface area contributed by atoms with Crippen molar-refractivity contribution in [1.82, 2.24) is 9.78 Å². The van der Waals surface area contributed by atoms with Crippen LogP contribution in [0.1, 0.15) is 33.3 Å². The molecule has 2 aromatic heterocycles. The minimum absolute atomic E-state index is 0.150. The molecule has 0 atom stereocenters. The standard InChI is InChI=1S/C18H15F4N3O2/c1-10-7-11(2)25(24-10)9-13-4-6-16(27-13)17(26)23-15-8-12(18(20,21)22)3-5-14(15)19/h3-8H,9H2,1-2H3,(H,23,26). The molecule has 142 valence electrons. The summed E-state index contributed by atoms with van der Waals surface area (Å²) in [5.41, 5.74) is 0.0909. The number of nitrogens with one attached hydrogen (secondary N) is 1. The van der Waals surface area contributed by atoms with Crippen molar-refractivity contribution in [2.75, 3.05) is 5.32 Å². The topological polar surface area (TPSA) is 60.1 Å². The number of hydrogen-bond acceptors (Lipinski definition) is 3. The first-order chi connectivity index (χ1) is 12.6. The summed E-state index contributed by atoms with van der Waals surface area (Å²) in [5, 5.41) is 6.37. The molecule has 5 nitrogen and oxygen atoms in total. The summed E-state index contributed by atoms with van der Waals surface area (Å²) in [7, 11) is 0. The first-order valence-electron chi connectivity index (χ1n) is 7.91. The van der Waals surface area contributed by atoms with Crippen LogP contribution in [0.25, 0.3) is 0 Å². The molecule has 1 aromatic carbocycles. The number of aryl methyl sites for hydroxylation is 2. The molecule has 27 heavy (non-hydrogen) atoms. The van der Waals surface area contributed by atoms with Gasteiger partial charge in [0.1, 0.15) is 11.6 Å². The highest BCUT2D eigenvalue weighted by Crippen LogP contribution is 2.32. The lowest BCUT2D eigenvalue weighted by atomic mass is 10.2. The first kappa shape index (κ1) is 18.7. The number of halogens is 4. The molecule has 2 heterocycles. The zero-order chi connectivity index (χ0) is 19.8. The first-order valence-corrected chi connectivity index (χ1v) is 7.91. The van der Waals surface area contributed by atoms with E-state index >= 15 is 0 Å². The number of carbonyl (C=O) groups is 1. The SMILES string of the molecule is Cc1cc(C)n(Cc2ccc(C(=O)Nc3cc(C(F)(F)F)ccc3F)o2)n1. The van der Waals surface area contributed by atoms with Crippen LogP contribution in [0.3, 0.4) is 0 Å². The summed E-state index contributed by atoms with van der Waals surface area (Å²) in [5.74, 6) is -1.56. The highest BCUT2D eigenvalue weighted by atomic mass is 19.4. The number of carbonyl (C=O) groups excluding carboxylic acids is 1. The molecule has 0 fully saturated rings. The Balaban J connectivity index is 1.76. The zero-order valence-electron chi connectivity index (χ0n) is 14.4. The van der Waals surface area contributed by atoms with E-state index in [1.54, 1.807) is 10.7 Å². The summed E-state index contributed by atoms with van der Waals surface area (Å²) in [6.07, 6.45) is -4.65. The van der Waals surface area contributed by atoms with Crippen molar-refractivity contribution < 1.29 is 26.8 Å². The van der Waals surface area contributed by atoms with Gasteiger partial charge in [-0.1, -0.05) is 0 Å². The normalized spacial score (nSPS) is 11.6. The van der Waals surface area contributed by atoms with Crippen molar-refractivity contribution in [3.63, 3.8) is 0 Å². The average Bonchev–Trinajstić information content (AvgIpc) is 3.15. The fourth-order valence-corrected chi connectivity index (χ4v) is 2.55. The van der Waals surface area contributed by atoms with Crippen molar-refractivity contribution in [3.05, 3.63) is 70.7 Å². The van der Waals surface area contributed by atoms with Gasteiger partial charge < -0.3 is 9.73 Å². The quantitative estimate of drug-likeness (QED) is 0.675. The number of amides is 1. The van der Waals surface area contributed by atoms with Crippen LogP contribution in [-0.4, -0.2) is 15.7 Å². The largest absolute Gasteiger partial charge is 0.454 e. The van der Waals surface area contributed by atoms with Crippen LogP contribution in [-0.2, 0) is 12.7 Å². The molecule has 0 aliphatic heterocycles. The van der Waals surface area contributed by atoms with E-state index in [9.17, 15) is 22.4 Å². The maximum atomic E-state index is 13.7. The molecule has 3 aromatic rings. The molecular weight excluding hydrogens is 366 g/mol. The summed E-state index contributed by atoms with van der Waals surface area (Å²) in [6.45, 7) is 3.99. The Hall–Kier alpha value is -3.10. The predicted octanol–water partition coefficient (Wildman–Crippen LogP) is 4.55. The van der Waals surface area contributed by atoms with Gasteiger partial charge in [0.15, 0.2) is 5.76 Å². The minimum atomic E-state index is -4.65. The van der Waals surface area contributed by atoms with Gasteiger partial charge >= 0.3 is 6.18 Å². The average molecular weight is 381 g/mol. The third-order valence-corrected chi connectivity index (χ3v) is 3.84. The number of nitrogens with zero attached hydrogens (tertiary/aromatic N) is 2. The summed E-state index contributed by atoms with van der Waals surface area (Å²) in [6, 6.07) is 6.58. The predicted molar refractivity (Wildman–Crippen MR) is 88.9 cm³/mol. The molecule has 1 amide bonds. The monoisotopic (exact) mass is 381 g/mol. The molecule has 0 unspecified atom stereocenters. The maximum absolute atomic E-state index is 13.7. The van der Waals surface area contributed by atoms with Gasteiger partial charge in [0.2, 0.25) is 0 Å². The van der Waals surface area contributed by atoms with Crippen LogP contribution in [0.2, 0.25) is 0 Å². The number of anilines is 1. The number of benzene rings is 1. The van der Waals surface area contributed by atoms with E-state index in [-0.39, 0.29) is 12.3 Å². The fourth-order valence-electron chi connectivity index (χ4n) is 2.55. The van der Waals surface area contributed by atoms with Crippen molar-refractivity contribution in [3.8, 4) is 0 Å². The second-order valence-corrected chi connectivity index (χ2v) is 6.00. The minimum Gasteiger partial charge on any atom is -0.454 e. The highest BCUT2D eigenvalue weighted by Gasteiger charge is 2.31. The second-order valence-electron chi connectivity index (χ2n) is 6.00. The van der Waals surface area contributed by atoms with Gasteiger partial charge in [-0.15, -0.1) is 0 Å². The van der Waals surface area contributed by atoms with E-state index < -0.39 is 29.2 Å². The Labute approximate surface area is 151 Å². The van der Waals surface area contributed by atoms with E-state index in [0.29, 0.717) is 24.0 Å². The number of hydrogen-bond donors (Lipinski definition) is 1. The smallest absolute Gasteiger partial charge is 0.416 e. The molecule has 1 N–H and O–H groups in total. The summed E-state index contributed by atoms with van der Waals surface area (Å²) < 4.78 is 59.1. The molecule has 9 heteroatoms. The number of aromatic nitrogens is 2. The number of rotatable bonds is 4. The fraction of sp³-hybridized carbons (Fsp3) is 0.222. The molecule has 0 saturated heterocycles. The van der Waals surface area contributed by atoms with Crippen molar-refractivity contribution in [2.45, 2.75) is 26.6 Å². The van der Waals surface area contributed by atoms with E-state index in [1.165, 1.54) is 6.07 Å². The summed E-state index contributed by atoms with van der Waals surface area (Å²) >= 11 is 0. The van der Waals surface area contributed by atoms with Gasteiger partial charge in [-0.3, -0.25) is 9.48 Å².